The molecule has 2 aromatic carbocycles. The van der Waals surface area contributed by atoms with Gasteiger partial charge in [0.1, 0.15) is 0 Å². The van der Waals surface area contributed by atoms with Gasteiger partial charge in [-0.25, -0.2) is 0 Å². The second kappa shape index (κ2) is 7.80. The zero-order chi connectivity index (χ0) is 16.1. The van der Waals surface area contributed by atoms with Crippen LogP contribution in [0.25, 0.3) is 0 Å². The molecule has 0 bridgehead atoms. The molecule has 0 saturated carbocycles. The highest BCUT2D eigenvalue weighted by molar-refractivity contribution is 14.1. The van der Waals surface area contributed by atoms with Crippen LogP contribution in [0.3, 0.4) is 0 Å². The first-order chi connectivity index (χ1) is 10.5. The van der Waals surface area contributed by atoms with E-state index in [1.807, 2.05) is 22.6 Å². The largest absolute Gasteiger partial charge is 0.273 e. The highest BCUT2D eigenvalue weighted by Crippen LogP contribution is 2.19. The quantitative estimate of drug-likeness (QED) is 0.556. The molecule has 0 saturated heterocycles. The Morgan fingerprint density at radius 2 is 1.68 bits per heavy atom. The van der Waals surface area contributed by atoms with Crippen LogP contribution < -0.4 is 10.9 Å². The molecule has 0 unspecified atom stereocenters. The zero-order valence-corrected chi connectivity index (χ0v) is 14.9. The summed E-state index contributed by atoms with van der Waals surface area (Å²) in [5.41, 5.74) is 5.96. The maximum absolute atomic E-state index is 11.9. The van der Waals surface area contributed by atoms with E-state index < -0.39 is 5.91 Å². The molecule has 0 fully saturated rings. The second-order valence-electron chi connectivity index (χ2n) is 4.43. The fourth-order valence-corrected chi connectivity index (χ4v) is 2.43. The van der Waals surface area contributed by atoms with E-state index in [9.17, 15) is 9.59 Å². The number of carbonyl (C=O) groups is 2. The second-order valence-corrected chi connectivity index (χ2v) is 6.44. The van der Waals surface area contributed by atoms with Crippen molar-refractivity contribution in [3.8, 4) is 0 Å². The van der Waals surface area contributed by atoms with Gasteiger partial charge in [-0.1, -0.05) is 35.3 Å². The lowest BCUT2D eigenvalue weighted by molar-refractivity contribution is -0.121. The smallest absolute Gasteiger partial charge is 0.269 e. The summed E-state index contributed by atoms with van der Waals surface area (Å²) in [5.74, 6) is -0.724. The molecule has 4 nitrogen and oxygen atoms in total. The molecule has 7 heteroatoms. The van der Waals surface area contributed by atoms with Gasteiger partial charge in [-0.2, -0.15) is 0 Å². The molecule has 0 aliphatic heterocycles. The van der Waals surface area contributed by atoms with Crippen LogP contribution in [0.15, 0.2) is 42.5 Å². The number of halogens is 3. The predicted molar refractivity (Wildman–Crippen MR) is 94.9 cm³/mol. The summed E-state index contributed by atoms with van der Waals surface area (Å²) >= 11 is 13.7. The highest BCUT2D eigenvalue weighted by Gasteiger charge is 2.09. The first kappa shape index (κ1) is 17.1. The van der Waals surface area contributed by atoms with Crippen LogP contribution >= 0.6 is 45.8 Å². The van der Waals surface area contributed by atoms with E-state index in [0.29, 0.717) is 15.6 Å². The minimum atomic E-state index is -0.404. The lowest BCUT2D eigenvalue weighted by Crippen LogP contribution is -2.42. The van der Waals surface area contributed by atoms with Crippen molar-refractivity contribution in [2.75, 3.05) is 0 Å². The van der Waals surface area contributed by atoms with Crippen LogP contribution in [0, 0.1) is 3.57 Å². The van der Waals surface area contributed by atoms with Crippen molar-refractivity contribution in [2.45, 2.75) is 6.42 Å². The van der Waals surface area contributed by atoms with Crippen LogP contribution in [0.5, 0.6) is 0 Å². The van der Waals surface area contributed by atoms with Gasteiger partial charge in [-0.05, 0) is 58.5 Å². The molecule has 0 radical (unpaired) electrons. The van der Waals surface area contributed by atoms with E-state index in [4.69, 9.17) is 23.2 Å². The van der Waals surface area contributed by atoms with Gasteiger partial charge in [0.15, 0.2) is 0 Å². The Balaban J connectivity index is 1.88. The summed E-state index contributed by atoms with van der Waals surface area (Å²) in [4.78, 5) is 23.7. The normalized spacial score (nSPS) is 10.1. The molecule has 0 aromatic heterocycles. The highest BCUT2D eigenvalue weighted by atomic mass is 127. The van der Waals surface area contributed by atoms with Crippen molar-refractivity contribution in [1.29, 1.82) is 0 Å². The van der Waals surface area contributed by atoms with Gasteiger partial charge in [0.25, 0.3) is 5.91 Å². The summed E-state index contributed by atoms with van der Waals surface area (Å²) in [6.45, 7) is 0. The van der Waals surface area contributed by atoms with Gasteiger partial charge in [0.05, 0.1) is 11.4 Å². The van der Waals surface area contributed by atoms with Gasteiger partial charge in [0.2, 0.25) is 5.91 Å². The minimum Gasteiger partial charge on any atom is -0.273 e. The van der Waals surface area contributed by atoms with Crippen LogP contribution in [0.4, 0.5) is 0 Å². The first-order valence-corrected chi connectivity index (χ1v) is 8.08. The average Bonchev–Trinajstić information content (AvgIpc) is 2.50. The standard InChI is InChI=1S/C15H11Cl2IN2O2/c16-11-4-1-9(2-5-11)7-14(21)19-20-15(22)10-3-6-12(17)13(18)8-10/h1-6,8H,7H2,(H,19,21)(H,20,22). The topological polar surface area (TPSA) is 58.2 Å². The lowest BCUT2D eigenvalue weighted by Gasteiger charge is -2.08. The summed E-state index contributed by atoms with van der Waals surface area (Å²) in [7, 11) is 0. The number of amides is 2. The molecule has 0 atom stereocenters. The van der Waals surface area contributed by atoms with Crippen LogP contribution in [0.2, 0.25) is 10.0 Å². The van der Waals surface area contributed by atoms with E-state index in [1.54, 1.807) is 42.5 Å². The Morgan fingerprint density at radius 3 is 2.32 bits per heavy atom. The number of carbonyl (C=O) groups excluding carboxylic acids is 2. The van der Waals surface area contributed by atoms with E-state index >= 15 is 0 Å². The number of hydrogen-bond acceptors (Lipinski definition) is 2. The monoisotopic (exact) mass is 448 g/mol. The van der Waals surface area contributed by atoms with Gasteiger partial charge in [0, 0.05) is 14.2 Å². The molecular weight excluding hydrogens is 438 g/mol. The molecule has 0 spiro atoms. The Hall–Kier alpha value is -1.31. The van der Waals surface area contributed by atoms with Crippen molar-refractivity contribution in [1.82, 2.24) is 10.9 Å². The van der Waals surface area contributed by atoms with Crippen LogP contribution in [-0.2, 0) is 11.2 Å². The van der Waals surface area contributed by atoms with E-state index in [-0.39, 0.29) is 12.3 Å². The van der Waals surface area contributed by atoms with Crippen molar-refractivity contribution in [2.24, 2.45) is 0 Å². The van der Waals surface area contributed by atoms with E-state index in [0.717, 1.165) is 9.13 Å². The summed E-state index contributed by atoms with van der Waals surface area (Å²) < 4.78 is 0.763. The molecule has 2 aromatic rings. The maximum Gasteiger partial charge on any atom is 0.269 e. The van der Waals surface area contributed by atoms with Gasteiger partial charge in [-0.15, -0.1) is 0 Å². The minimum absolute atomic E-state index is 0.148. The Kier molecular flexibility index (Phi) is 6.05. The van der Waals surface area contributed by atoms with Crippen molar-refractivity contribution < 1.29 is 9.59 Å². The van der Waals surface area contributed by atoms with Crippen molar-refractivity contribution >= 4 is 57.6 Å². The van der Waals surface area contributed by atoms with Crippen LogP contribution in [0.1, 0.15) is 15.9 Å². The third-order valence-electron chi connectivity index (χ3n) is 2.78. The Labute approximate surface area is 151 Å². The summed E-state index contributed by atoms with van der Waals surface area (Å²) in [6.07, 6.45) is 0.148. The average molecular weight is 449 g/mol. The van der Waals surface area contributed by atoms with E-state index in [2.05, 4.69) is 10.9 Å². The number of nitrogens with one attached hydrogen (secondary N) is 2. The van der Waals surface area contributed by atoms with Crippen molar-refractivity contribution in [3.05, 3.63) is 67.2 Å². The van der Waals surface area contributed by atoms with Gasteiger partial charge in [-0.3, -0.25) is 20.4 Å². The Bertz CT molecular complexity index is 705. The Morgan fingerprint density at radius 1 is 1.00 bits per heavy atom. The molecule has 0 aliphatic carbocycles. The first-order valence-electron chi connectivity index (χ1n) is 6.24. The molecule has 0 heterocycles. The molecule has 2 rings (SSSR count). The SMILES string of the molecule is O=C(Cc1ccc(Cl)cc1)NNC(=O)c1ccc(Cl)c(I)c1. The van der Waals surface area contributed by atoms with Gasteiger partial charge < -0.3 is 0 Å². The molecule has 2 amide bonds. The number of benzene rings is 2. The van der Waals surface area contributed by atoms with Gasteiger partial charge >= 0.3 is 0 Å². The summed E-state index contributed by atoms with van der Waals surface area (Å²) in [5, 5.41) is 1.18. The summed E-state index contributed by atoms with van der Waals surface area (Å²) in [6, 6.07) is 11.8. The number of rotatable bonds is 3. The molecule has 114 valence electrons. The third-order valence-corrected chi connectivity index (χ3v) is 4.57. The molecule has 22 heavy (non-hydrogen) atoms. The molecule has 0 aliphatic rings. The fourth-order valence-electron chi connectivity index (χ4n) is 1.67. The zero-order valence-electron chi connectivity index (χ0n) is 11.2. The number of hydrogen-bond donors (Lipinski definition) is 2. The predicted octanol–water partition coefficient (Wildman–Crippen LogP) is 3.60. The molecule has 2 N–H and O–H groups in total. The number of hydrazine groups is 1. The maximum atomic E-state index is 11.9. The fraction of sp³-hybridized carbons (Fsp3) is 0.0667. The molecular formula is C15H11Cl2IN2O2. The lowest BCUT2D eigenvalue weighted by atomic mass is 10.1. The van der Waals surface area contributed by atoms with Crippen molar-refractivity contribution in [3.63, 3.8) is 0 Å². The third kappa shape index (κ3) is 4.86. The van der Waals surface area contributed by atoms with E-state index in [1.165, 1.54) is 0 Å². The van der Waals surface area contributed by atoms with Crippen LogP contribution in [-0.4, -0.2) is 11.8 Å².